The van der Waals surface area contributed by atoms with Crippen LogP contribution < -0.4 is 10.2 Å². The molecule has 3 saturated heterocycles. The number of hydrogen-bond donors (Lipinski definition) is 2. The van der Waals surface area contributed by atoms with Gasteiger partial charge in [0, 0.05) is 57.3 Å². The lowest BCUT2D eigenvalue weighted by Crippen LogP contribution is -2.54. The second kappa shape index (κ2) is 15.8. The van der Waals surface area contributed by atoms with Crippen molar-refractivity contribution in [2.75, 3.05) is 43.5 Å². The number of carbonyl (C=O) groups is 5. The molecule has 2 N–H and O–H groups in total. The Hall–Kier alpha value is -5.78. The van der Waals surface area contributed by atoms with Gasteiger partial charge in [0.15, 0.2) is 0 Å². The van der Waals surface area contributed by atoms with E-state index in [-0.39, 0.29) is 47.6 Å². The number of rotatable bonds is 9. The Morgan fingerprint density at radius 2 is 1.39 bits per heavy atom. The summed E-state index contributed by atoms with van der Waals surface area (Å²) in [5.74, 6) is -1.27. The van der Waals surface area contributed by atoms with Crippen molar-refractivity contribution in [3.8, 4) is 5.75 Å². The Labute approximate surface area is 348 Å². The lowest BCUT2D eigenvalue weighted by Gasteiger charge is -2.40. The standard InChI is InChI=1S/C47H46ClN5O6/c48-20-16-37(30-4-2-1-3-5-30)43(32-8-12-36(54)13-9-32)31-6-10-35(11-7-31)52-23-19-47(29-52)17-21-51(22-18-47)42(56)28-50-26-33-24-38-39(25-34(33)27-50)46(59)53(45(38)58)40-14-15-41(55)49-44(40)57/h1-13,24-25,40,54H,14-23,26-29H2,(H,49,55,57). The maximum absolute atomic E-state index is 13.6. The number of nitrogens with one attached hydrogen (secondary N) is 1. The maximum Gasteiger partial charge on any atom is 0.262 e. The highest BCUT2D eigenvalue weighted by Gasteiger charge is 2.46. The molecule has 0 saturated carbocycles. The summed E-state index contributed by atoms with van der Waals surface area (Å²) in [5.41, 5.74) is 9.16. The number of nitrogens with zero attached hydrogens (tertiary/aromatic N) is 4. The fourth-order valence-corrected chi connectivity index (χ4v) is 9.95. The van der Waals surface area contributed by atoms with Crippen molar-refractivity contribution >= 4 is 58.0 Å². The fourth-order valence-electron chi connectivity index (χ4n) is 9.77. The van der Waals surface area contributed by atoms with E-state index in [0.717, 1.165) is 76.2 Å². The lowest BCUT2D eigenvalue weighted by atomic mass is 9.77. The van der Waals surface area contributed by atoms with E-state index in [9.17, 15) is 29.1 Å². The van der Waals surface area contributed by atoms with Crippen LogP contribution >= 0.6 is 11.6 Å². The molecular formula is C47H46ClN5O6. The number of benzene rings is 4. The minimum absolute atomic E-state index is 0.0741. The minimum atomic E-state index is -0.998. The predicted octanol–water partition coefficient (Wildman–Crippen LogP) is 6.22. The maximum atomic E-state index is 13.6. The Balaban J connectivity index is 0.818. The summed E-state index contributed by atoms with van der Waals surface area (Å²) < 4.78 is 0. The van der Waals surface area contributed by atoms with Gasteiger partial charge >= 0.3 is 0 Å². The van der Waals surface area contributed by atoms with Gasteiger partial charge in [-0.1, -0.05) is 54.6 Å². The number of allylic oxidation sites excluding steroid dienone is 1. The van der Waals surface area contributed by atoms with Gasteiger partial charge in [0.05, 0.1) is 17.7 Å². The molecule has 59 heavy (non-hydrogen) atoms. The van der Waals surface area contributed by atoms with Crippen molar-refractivity contribution in [1.29, 1.82) is 0 Å². The van der Waals surface area contributed by atoms with Gasteiger partial charge < -0.3 is 14.9 Å². The highest BCUT2D eigenvalue weighted by molar-refractivity contribution is 6.23. The van der Waals surface area contributed by atoms with Gasteiger partial charge in [-0.3, -0.25) is 39.1 Å². The van der Waals surface area contributed by atoms with E-state index in [2.05, 4.69) is 51.5 Å². The highest BCUT2D eigenvalue weighted by Crippen LogP contribution is 2.43. The van der Waals surface area contributed by atoms with Crippen LogP contribution in [0, 0.1) is 5.41 Å². The molecule has 9 rings (SSSR count). The normalized spacial score (nSPS) is 20.6. The van der Waals surface area contributed by atoms with Crippen LogP contribution in [0.15, 0.2) is 91.0 Å². The van der Waals surface area contributed by atoms with Crippen molar-refractivity contribution in [2.24, 2.45) is 5.41 Å². The molecule has 5 amide bonds. The number of anilines is 1. The van der Waals surface area contributed by atoms with Gasteiger partial charge in [-0.2, -0.15) is 0 Å². The van der Waals surface area contributed by atoms with E-state index in [1.165, 1.54) is 5.69 Å². The molecule has 1 spiro atoms. The van der Waals surface area contributed by atoms with Gasteiger partial charge in [-0.15, -0.1) is 11.6 Å². The Kier molecular flexibility index (Phi) is 10.3. The third-order valence-corrected chi connectivity index (χ3v) is 13.2. The van der Waals surface area contributed by atoms with Crippen molar-refractivity contribution in [1.82, 2.24) is 20.0 Å². The molecule has 5 heterocycles. The van der Waals surface area contributed by atoms with Crippen molar-refractivity contribution in [3.63, 3.8) is 0 Å². The zero-order valence-corrected chi connectivity index (χ0v) is 33.5. The fraction of sp³-hybridized carbons (Fsp3) is 0.340. The number of phenolic OH excluding ortho intramolecular Hbond substituents is 1. The van der Waals surface area contributed by atoms with Gasteiger partial charge in [0.1, 0.15) is 11.8 Å². The molecular weight excluding hydrogens is 766 g/mol. The number of aromatic hydroxyl groups is 1. The first-order valence-corrected chi connectivity index (χ1v) is 21.0. The van der Waals surface area contributed by atoms with Crippen molar-refractivity contribution in [3.05, 3.63) is 130 Å². The smallest absolute Gasteiger partial charge is 0.262 e. The molecule has 1 atom stereocenters. The summed E-state index contributed by atoms with van der Waals surface area (Å²) in [4.78, 5) is 71.9. The molecule has 0 aliphatic carbocycles. The Morgan fingerprint density at radius 3 is 2.00 bits per heavy atom. The average Bonchev–Trinajstić information content (AvgIpc) is 3.91. The molecule has 4 aromatic rings. The summed E-state index contributed by atoms with van der Waals surface area (Å²) in [6, 6.07) is 29.0. The van der Waals surface area contributed by atoms with E-state index < -0.39 is 29.7 Å². The number of piperidine rings is 2. The second-order valence-electron chi connectivity index (χ2n) is 16.6. The van der Waals surface area contributed by atoms with Crippen LogP contribution in [-0.2, 0) is 27.5 Å². The zero-order chi connectivity index (χ0) is 40.8. The van der Waals surface area contributed by atoms with Crippen LogP contribution in [0.3, 0.4) is 0 Å². The molecule has 5 aliphatic rings. The van der Waals surface area contributed by atoms with Crippen molar-refractivity contribution in [2.45, 2.75) is 57.7 Å². The first-order valence-electron chi connectivity index (χ1n) is 20.5. The van der Waals surface area contributed by atoms with Crippen LogP contribution in [-0.4, -0.2) is 94.0 Å². The average molecular weight is 812 g/mol. The molecule has 0 aromatic heterocycles. The number of fused-ring (bicyclic) bond motifs is 2. The van der Waals surface area contributed by atoms with Gasteiger partial charge in [-0.05, 0) is 113 Å². The third-order valence-electron chi connectivity index (χ3n) is 13.0. The zero-order valence-electron chi connectivity index (χ0n) is 32.8. The first kappa shape index (κ1) is 38.7. The highest BCUT2D eigenvalue weighted by atomic mass is 35.5. The van der Waals surface area contributed by atoms with Crippen LogP contribution in [0.2, 0.25) is 0 Å². The summed E-state index contributed by atoms with van der Waals surface area (Å²) >= 11 is 6.37. The summed E-state index contributed by atoms with van der Waals surface area (Å²) in [6.07, 6.45) is 3.86. The van der Waals surface area contributed by atoms with Gasteiger partial charge in [0.25, 0.3) is 11.8 Å². The lowest BCUT2D eigenvalue weighted by molar-refractivity contribution is -0.136. The minimum Gasteiger partial charge on any atom is -0.508 e. The van der Waals surface area contributed by atoms with E-state index in [1.807, 2.05) is 35.2 Å². The third kappa shape index (κ3) is 7.42. The number of amides is 5. The van der Waals surface area contributed by atoms with Crippen LogP contribution in [0.4, 0.5) is 5.69 Å². The van der Waals surface area contributed by atoms with Gasteiger partial charge in [-0.25, -0.2) is 0 Å². The number of hydrogen-bond acceptors (Lipinski definition) is 8. The van der Waals surface area contributed by atoms with E-state index in [4.69, 9.17) is 11.6 Å². The predicted molar refractivity (Wildman–Crippen MR) is 225 cm³/mol. The molecule has 302 valence electrons. The monoisotopic (exact) mass is 811 g/mol. The van der Waals surface area contributed by atoms with Crippen LogP contribution in [0.5, 0.6) is 5.75 Å². The molecule has 3 fully saturated rings. The molecule has 0 bridgehead atoms. The number of carbonyl (C=O) groups excluding carboxylic acids is 5. The van der Waals surface area contributed by atoms with E-state index in [0.29, 0.717) is 38.5 Å². The quantitative estimate of drug-likeness (QED) is 0.116. The number of halogens is 1. The topological polar surface area (TPSA) is 131 Å². The molecule has 0 radical (unpaired) electrons. The number of phenols is 1. The molecule has 11 nitrogen and oxygen atoms in total. The second-order valence-corrected chi connectivity index (χ2v) is 16.9. The van der Waals surface area contributed by atoms with Crippen LogP contribution in [0.1, 0.15) is 87.1 Å². The Bertz CT molecular complexity index is 2330. The molecule has 12 heteroatoms. The Morgan fingerprint density at radius 1 is 0.780 bits per heavy atom. The summed E-state index contributed by atoms with van der Waals surface area (Å²) in [7, 11) is 0. The summed E-state index contributed by atoms with van der Waals surface area (Å²) in [6.45, 7) is 4.57. The number of likely N-dealkylation sites (tertiary alicyclic amines) is 1. The van der Waals surface area contributed by atoms with Crippen LogP contribution in [0.25, 0.3) is 11.1 Å². The summed E-state index contributed by atoms with van der Waals surface area (Å²) in [5, 5.41) is 12.3. The molecule has 1 unspecified atom stereocenters. The number of alkyl halides is 1. The molecule has 4 aromatic carbocycles. The van der Waals surface area contributed by atoms with Gasteiger partial charge in [0.2, 0.25) is 17.7 Å². The van der Waals surface area contributed by atoms with E-state index >= 15 is 0 Å². The van der Waals surface area contributed by atoms with E-state index in [1.54, 1.807) is 24.3 Å². The largest absolute Gasteiger partial charge is 0.508 e. The molecule has 5 aliphatic heterocycles. The number of imide groups is 2. The SMILES string of the molecule is O=C1CCC(N2C(=O)c3cc4c(cc3C2=O)CN(CC(=O)N2CCC3(CC2)CCN(c2ccc(C(=C(CCCl)c5ccccc5)c5ccc(O)cc5)cc2)C3)C4)C(=O)N1. The van der Waals surface area contributed by atoms with Crippen molar-refractivity contribution < 1.29 is 29.1 Å². The first-order chi connectivity index (χ1) is 28.6.